The molecule has 106 valence electrons. The van der Waals surface area contributed by atoms with Crippen molar-refractivity contribution in [1.82, 2.24) is 4.90 Å². The minimum atomic E-state index is -0.661. The van der Waals surface area contributed by atoms with Crippen LogP contribution < -0.4 is 0 Å². The Kier molecular flexibility index (Phi) is 4.76. The van der Waals surface area contributed by atoms with Gasteiger partial charge in [-0.2, -0.15) is 0 Å². The number of aliphatic hydroxyl groups excluding tert-OH is 1. The van der Waals surface area contributed by atoms with Gasteiger partial charge in [0.2, 0.25) is 0 Å². The third-order valence-corrected chi connectivity index (χ3v) is 4.07. The molecule has 1 aliphatic heterocycles. The fraction of sp³-hybridized carbons (Fsp3) is 0.571. The predicted molar refractivity (Wildman–Crippen MR) is 71.3 cm³/mol. The maximum absolute atomic E-state index is 13.7. The van der Waals surface area contributed by atoms with Crippen LogP contribution in [0.2, 0.25) is 5.02 Å². The van der Waals surface area contributed by atoms with Gasteiger partial charge in [0, 0.05) is 24.7 Å². The first-order valence-electron chi connectivity index (χ1n) is 6.53. The molecule has 1 aromatic rings. The molecule has 0 spiro atoms. The fourth-order valence-corrected chi connectivity index (χ4v) is 2.76. The number of rotatable bonds is 3. The molecule has 2 atom stereocenters. The van der Waals surface area contributed by atoms with E-state index in [9.17, 15) is 13.9 Å². The van der Waals surface area contributed by atoms with Gasteiger partial charge >= 0.3 is 0 Å². The van der Waals surface area contributed by atoms with Crippen molar-refractivity contribution in [3.05, 3.63) is 34.4 Å². The van der Waals surface area contributed by atoms with Gasteiger partial charge in [-0.1, -0.05) is 11.6 Å². The van der Waals surface area contributed by atoms with Gasteiger partial charge in [0.1, 0.15) is 11.6 Å². The lowest BCUT2D eigenvalue weighted by Gasteiger charge is -2.35. The van der Waals surface area contributed by atoms with Gasteiger partial charge < -0.3 is 10.0 Å². The Balaban J connectivity index is 2.01. The maximum atomic E-state index is 13.7. The molecule has 1 saturated heterocycles. The van der Waals surface area contributed by atoms with Gasteiger partial charge in [-0.05, 0) is 38.3 Å². The lowest BCUT2D eigenvalue weighted by Crippen LogP contribution is -2.43. The Morgan fingerprint density at radius 2 is 2.16 bits per heavy atom. The van der Waals surface area contributed by atoms with E-state index in [1.807, 2.05) is 6.92 Å². The van der Waals surface area contributed by atoms with Gasteiger partial charge in [-0.15, -0.1) is 0 Å². The normalized spacial score (nSPS) is 24.7. The molecule has 0 radical (unpaired) electrons. The summed E-state index contributed by atoms with van der Waals surface area (Å²) in [7, 11) is 0. The Hall–Kier alpha value is -0.710. The Bertz CT molecular complexity index is 455. The van der Waals surface area contributed by atoms with Gasteiger partial charge in [-0.25, -0.2) is 8.78 Å². The van der Waals surface area contributed by atoms with Crippen LogP contribution in [0.25, 0.3) is 0 Å². The average molecular weight is 290 g/mol. The molecular weight excluding hydrogens is 272 g/mol. The highest BCUT2D eigenvalue weighted by molar-refractivity contribution is 6.30. The molecule has 2 rings (SSSR count). The number of hydrogen-bond acceptors (Lipinski definition) is 2. The number of halogens is 3. The molecule has 0 aromatic heterocycles. The van der Waals surface area contributed by atoms with Gasteiger partial charge in [0.25, 0.3) is 0 Å². The zero-order valence-electron chi connectivity index (χ0n) is 10.9. The molecule has 1 heterocycles. The summed E-state index contributed by atoms with van der Waals surface area (Å²) in [6.45, 7) is 3.35. The largest absolute Gasteiger partial charge is 0.393 e. The Labute approximate surface area is 117 Å². The van der Waals surface area contributed by atoms with E-state index < -0.39 is 11.6 Å². The summed E-state index contributed by atoms with van der Waals surface area (Å²) in [5, 5.41) is 9.50. The van der Waals surface area contributed by atoms with Crippen LogP contribution >= 0.6 is 11.6 Å². The number of aliphatic hydroxyl groups is 1. The van der Waals surface area contributed by atoms with Gasteiger partial charge in [0.05, 0.1) is 11.1 Å². The second kappa shape index (κ2) is 6.16. The molecule has 2 unspecified atom stereocenters. The zero-order chi connectivity index (χ0) is 14.0. The first-order valence-corrected chi connectivity index (χ1v) is 6.91. The summed E-state index contributed by atoms with van der Waals surface area (Å²) in [5.41, 5.74) is 0.0471. The smallest absolute Gasteiger partial charge is 0.147 e. The highest BCUT2D eigenvalue weighted by Gasteiger charge is 2.24. The molecule has 0 amide bonds. The summed E-state index contributed by atoms with van der Waals surface area (Å²) >= 11 is 5.67. The minimum Gasteiger partial charge on any atom is -0.393 e. The number of nitrogens with zero attached hydrogens (tertiary/aromatic N) is 1. The molecule has 0 aliphatic carbocycles. The molecule has 1 aliphatic rings. The number of hydrogen-bond donors (Lipinski definition) is 1. The minimum absolute atomic E-state index is 0.0430. The van der Waals surface area contributed by atoms with Crippen molar-refractivity contribution < 1.29 is 13.9 Å². The topological polar surface area (TPSA) is 23.5 Å². The van der Waals surface area contributed by atoms with E-state index in [0.29, 0.717) is 25.8 Å². The third kappa shape index (κ3) is 3.44. The van der Waals surface area contributed by atoms with Crippen LogP contribution in [0.5, 0.6) is 0 Å². The highest BCUT2D eigenvalue weighted by Crippen LogP contribution is 2.23. The zero-order valence-corrected chi connectivity index (χ0v) is 11.6. The standard InChI is InChI=1S/C14H18ClF2NO/c1-9-8-10(19)4-6-18(9)7-5-11-13(16)3-2-12(15)14(11)17/h2-3,9-10,19H,4-8H2,1H3. The van der Waals surface area contributed by atoms with Crippen molar-refractivity contribution >= 4 is 11.6 Å². The summed E-state index contributed by atoms with van der Waals surface area (Å²) in [5.74, 6) is -1.21. The van der Waals surface area contributed by atoms with Crippen LogP contribution in [0.4, 0.5) is 8.78 Å². The van der Waals surface area contributed by atoms with Crippen molar-refractivity contribution in [1.29, 1.82) is 0 Å². The van der Waals surface area contributed by atoms with E-state index >= 15 is 0 Å². The van der Waals surface area contributed by atoms with Gasteiger partial charge in [-0.3, -0.25) is 0 Å². The summed E-state index contributed by atoms with van der Waals surface area (Å²) < 4.78 is 27.3. The predicted octanol–water partition coefficient (Wildman–Crippen LogP) is 3.01. The van der Waals surface area contributed by atoms with Crippen molar-refractivity contribution in [3.8, 4) is 0 Å². The number of likely N-dealkylation sites (tertiary alicyclic amines) is 1. The van der Waals surface area contributed by atoms with E-state index in [1.54, 1.807) is 0 Å². The number of benzene rings is 1. The van der Waals surface area contributed by atoms with E-state index in [2.05, 4.69) is 4.90 Å². The van der Waals surface area contributed by atoms with E-state index in [-0.39, 0.29) is 22.7 Å². The second-order valence-electron chi connectivity index (χ2n) is 5.13. The monoisotopic (exact) mass is 289 g/mol. The van der Waals surface area contributed by atoms with Crippen LogP contribution in [0.1, 0.15) is 25.3 Å². The SMILES string of the molecule is CC1CC(O)CCN1CCc1c(F)ccc(Cl)c1F. The molecule has 1 aromatic carbocycles. The van der Waals surface area contributed by atoms with Crippen LogP contribution in [-0.4, -0.2) is 35.2 Å². The van der Waals surface area contributed by atoms with Crippen LogP contribution in [0.15, 0.2) is 12.1 Å². The fourth-order valence-electron chi connectivity index (χ4n) is 2.58. The molecule has 0 saturated carbocycles. The maximum Gasteiger partial charge on any atom is 0.147 e. The van der Waals surface area contributed by atoms with E-state index in [0.717, 1.165) is 6.54 Å². The van der Waals surface area contributed by atoms with Crippen LogP contribution in [0.3, 0.4) is 0 Å². The summed E-state index contributed by atoms with van der Waals surface area (Å²) in [4.78, 5) is 2.15. The third-order valence-electron chi connectivity index (χ3n) is 3.77. The molecule has 19 heavy (non-hydrogen) atoms. The molecule has 1 N–H and O–H groups in total. The lowest BCUT2D eigenvalue weighted by molar-refractivity contribution is 0.0488. The first kappa shape index (κ1) is 14.7. The summed E-state index contributed by atoms with van der Waals surface area (Å²) in [6, 6.07) is 2.66. The lowest BCUT2D eigenvalue weighted by atomic mass is 10.00. The second-order valence-corrected chi connectivity index (χ2v) is 5.54. The molecular formula is C14H18ClF2NO. The quantitative estimate of drug-likeness (QED) is 0.865. The van der Waals surface area contributed by atoms with E-state index in [1.165, 1.54) is 12.1 Å². The van der Waals surface area contributed by atoms with Crippen LogP contribution in [0, 0.1) is 11.6 Å². The molecule has 2 nitrogen and oxygen atoms in total. The Morgan fingerprint density at radius 1 is 1.42 bits per heavy atom. The molecule has 5 heteroatoms. The molecule has 0 bridgehead atoms. The van der Waals surface area contributed by atoms with Crippen LogP contribution in [-0.2, 0) is 6.42 Å². The van der Waals surface area contributed by atoms with Crippen molar-refractivity contribution in [3.63, 3.8) is 0 Å². The van der Waals surface area contributed by atoms with Crippen molar-refractivity contribution in [2.75, 3.05) is 13.1 Å². The summed E-state index contributed by atoms with van der Waals surface area (Å²) in [6.07, 6.45) is 1.45. The number of piperidine rings is 1. The van der Waals surface area contributed by atoms with Crippen molar-refractivity contribution in [2.45, 2.75) is 38.3 Å². The van der Waals surface area contributed by atoms with Gasteiger partial charge in [0.15, 0.2) is 0 Å². The average Bonchev–Trinajstić information content (AvgIpc) is 2.36. The first-order chi connectivity index (χ1) is 8.99. The Morgan fingerprint density at radius 3 is 2.84 bits per heavy atom. The van der Waals surface area contributed by atoms with E-state index in [4.69, 9.17) is 11.6 Å². The highest BCUT2D eigenvalue weighted by atomic mass is 35.5. The van der Waals surface area contributed by atoms with Crippen molar-refractivity contribution in [2.24, 2.45) is 0 Å². The molecule has 1 fully saturated rings.